The molecule has 3 fully saturated rings. The van der Waals surface area contributed by atoms with Crippen molar-refractivity contribution in [3.8, 4) is 0 Å². The highest BCUT2D eigenvalue weighted by atomic mass is 35.5. The summed E-state index contributed by atoms with van der Waals surface area (Å²) in [7, 11) is 1.93. The summed E-state index contributed by atoms with van der Waals surface area (Å²) in [4.78, 5) is 31.0. The van der Waals surface area contributed by atoms with Gasteiger partial charge in [0.05, 0.1) is 24.3 Å². The average Bonchev–Trinajstić information content (AvgIpc) is 3.72. The first kappa shape index (κ1) is 38.0. The summed E-state index contributed by atoms with van der Waals surface area (Å²) in [6, 6.07) is 5.52. The number of benzene rings is 1. The summed E-state index contributed by atoms with van der Waals surface area (Å²) in [5.74, 6) is 0.454. The van der Waals surface area contributed by atoms with Gasteiger partial charge in [0.25, 0.3) is 0 Å². The second kappa shape index (κ2) is 18.3. The van der Waals surface area contributed by atoms with E-state index in [1.165, 1.54) is 24.6 Å². The van der Waals surface area contributed by atoms with Crippen molar-refractivity contribution in [3.63, 3.8) is 0 Å². The number of hydrogen-bond acceptors (Lipinski definition) is 7. The highest BCUT2D eigenvalue weighted by Crippen LogP contribution is 2.46. The molecule has 11 heteroatoms. The van der Waals surface area contributed by atoms with Crippen LogP contribution < -0.4 is 16.4 Å². The van der Waals surface area contributed by atoms with E-state index >= 15 is 0 Å². The molecule has 2 aromatic rings. The number of fused-ring (bicyclic) bond motifs is 1. The number of hydrogen-bond donors (Lipinski definition) is 3. The smallest absolute Gasteiger partial charge is 0.410 e. The molecule has 10 nitrogen and oxygen atoms in total. The van der Waals surface area contributed by atoms with Crippen molar-refractivity contribution in [1.82, 2.24) is 25.1 Å². The van der Waals surface area contributed by atoms with E-state index in [9.17, 15) is 9.59 Å². The Balaban J connectivity index is 0.000000263. The van der Waals surface area contributed by atoms with Crippen LogP contribution in [0.25, 0.3) is 5.57 Å². The van der Waals surface area contributed by atoms with Crippen LogP contribution in [0.4, 0.5) is 9.59 Å². The van der Waals surface area contributed by atoms with Crippen LogP contribution in [0.3, 0.4) is 0 Å². The number of ether oxygens (including phenoxy) is 2. The van der Waals surface area contributed by atoms with Crippen molar-refractivity contribution in [3.05, 3.63) is 83.6 Å². The predicted molar refractivity (Wildman–Crippen MR) is 196 cm³/mol. The number of halogens is 1. The summed E-state index contributed by atoms with van der Waals surface area (Å²) in [5, 5.41) is 7.05. The highest BCUT2D eigenvalue weighted by Gasteiger charge is 2.46. The Morgan fingerprint density at radius 1 is 1.16 bits per heavy atom. The van der Waals surface area contributed by atoms with Crippen LogP contribution in [0.2, 0.25) is 5.02 Å². The van der Waals surface area contributed by atoms with E-state index in [1.807, 2.05) is 23.7 Å². The third-order valence-corrected chi connectivity index (χ3v) is 10.2. The lowest BCUT2D eigenvalue weighted by atomic mass is 9.91. The molecule has 0 bridgehead atoms. The van der Waals surface area contributed by atoms with Gasteiger partial charge >= 0.3 is 12.2 Å². The molecular formula is C38H55ClN6O4. The van der Waals surface area contributed by atoms with E-state index in [-0.39, 0.29) is 12.2 Å². The standard InChI is InChI=1S/C26H32ClN3O2.C10H18N2O2.C2H5N/c1-5-26(6-2,19-10-11-19)32-25(31)29-24(23-15-28-16-30(23)4)22-13-17(3)7-8-18-9-12-20(27)14-21(18)22;13-10(12-7-5-11-6-8-12)14-9-3-1-2-4-9;1-2-3/h9,12-16,19,24H,3,5-8,10-11H2,1-2,4H3,(H,29,31);9,11H,1-8H2;2H,1,3H2/t24-;;/m1../s1. The van der Waals surface area contributed by atoms with E-state index in [1.54, 1.807) is 17.4 Å². The fourth-order valence-electron chi connectivity index (χ4n) is 6.96. The van der Waals surface area contributed by atoms with Crippen LogP contribution in [-0.4, -0.2) is 64.5 Å². The molecule has 0 radical (unpaired) electrons. The number of rotatable bonds is 8. The van der Waals surface area contributed by atoms with Gasteiger partial charge in [-0.3, -0.25) is 0 Å². The van der Waals surface area contributed by atoms with Gasteiger partial charge in [-0.2, -0.15) is 0 Å². The number of carbonyl (C=O) groups is 2. The normalized spacial score (nSPS) is 18.3. The van der Waals surface area contributed by atoms with Gasteiger partial charge in [-0.1, -0.05) is 56.3 Å². The summed E-state index contributed by atoms with van der Waals surface area (Å²) < 4.78 is 13.5. The SMILES string of the molecule is C=C1C=C([C@@H](NC(=O)OC(CC)(CC)C2CC2)c2cncn2C)c2cc(Cl)ccc2CC1.C=CN.O=C(OC1CCCC1)N1CCNCC1. The Bertz CT molecular complexity index is 1450. The zero-order chi connectivity index (χ0) is 35.4. The predicted octanol–water partition coefficient (Wildman–Crippen LogP) is 7.46. The highest BCUT2D eigenvalue weighted by molar-refractivity contribution is 6.30. The number of carbonyl (C=O) groups excluding carboxylic acids is 2. The number of alkyl carbamates (subject to hydrolysis) is 1. The van der Waals surface area contributed by atoms with Crippen molar-refractivity contribution in [2.45, 2.75) is 95.8 Å². The minimum absolute atomic E-state index is 0.113. The summed E-state index contributed by atoms with van der Waals surface area (Å²) >= 11 is 6.39. The lowest BCUT2D eigenvalue weighted by Crippen LogP contribution is -2.47. The molecule has 268 valence electrons. The van der Waals surface area contributed by atoms with E-state index in [0.29, 0.717) is 10.9 Å². The molecule has 1 aliphatic heterocycles. The first-order valence-corrected chi connectivity index (χ1v) is 18.1. The molecule has 2 amide bonds. The van der Waals surface area contributed by atoms with Gasteiger partial charge in [0.1, 0.15) is 11.7 Å². The number of nitrogens with one attached hydrogen (secondary N) is 2. The third kappa shape index (κ3) is 10.4. The zero-order valence-corrected chi connectivity index (χ0v) is 30.3. The Kier molecular flexibility index (Phi) is 14.2. The third-order valence-electron chi connectivity index (χ3n) is 9.94. The zero-order valence-electron chi connectivity index (χ0n) is 29.5. The first-order chi connectivity index (χ1) is 23.6. The summed E-state index contributed by atoms with van der Waals surface area (Å²) in [5.41, 5.74) is 9.28. The number of allylic oxidation sites excluding steroid dienone is 2. The monoisotopic (exact) mass is 694 g/mol. The molecule has 2 saturated carbocycles. The van der Waals surface area contributed by atoms with Crippen molar-refractivity contribution in [2.24, 2.45) is 18.7 Å². The van der Waals surface area contributed by atoms with Crippen LogP contribution in [0.15, 0.2) is 61.7 Å². The molecule has 1 aromatic carbocycles. The van der Waals surface area contributed by atoms with Crippen molar-refractivity contribution in [2.75, 3.05) is 26.2 Å². The van der Waals surface area contributed by atoms with Crippen molar-refractivity contribution < 1.29 is 19.1 Å². The number of imidazole rings is 1. The Hall–Kier alpha value is -3.76. The molecule has 4 aliphatic rings. The van der Waals surface area contributed by atoms with Crippen LogP contribution in [0.5, 0.6) is 0 Å². The van der Waals surface area contributed by atoms with E-state index in [4.69, 9.17) is 21.1 Å². The number of aryl methyl sites for hydroxylation is 2. The van der Waals surface area contributed by atoms with Gasteiger partial charge in [0, 0.05) is 38.2 Å². The quantitative estimate of drug-likeness (QED) is 0.262. The largest absolute Gasteiger partial charge is 0.446 e. The molecule has 0 unspecified atom stereocenters. The topological polar surface area (TPSA) is 124 Å². The van der Waals surface area contributed by atoms with Gasteiger partial charge < -0.3 is 35.3 Å². The molecular weight excluding hydrogens is 640 g/mol. The first-order valence-electron chi connectivity index (χ1n) is 17.8. The van der Waals surface area contributed by atoms with Gasteiger partial charge in [-0.25, -0.2) is 14.6 Å². The van der Waals surface area contributed by atoms with Gasteiger partial charge in [0.15, 0.2) is 0 Å². The Labute approximate surface area is 297 Å². The van der Waals surface area contributed by atoms with Crippen molar-refractivity contribution >= 4 is 29.4 Å². The van der Waals surface area contributed by atoms with Crippen LogP contribution in [0.1, 0.15) is 94.5 Å². The molecule has 1 saturated heterocycles. The number of piperazine rings is 1. The summed E-state index contributed by atoms with van der Waals surface area (Å²) in [6.07, 6.45) is 16.7. The second-order valence-electron chi connectivity index (χ2n) is 13.3. The Morgan fingerprint density at radius 3 is 2.43 bits per heavy atom. The van der Waals surface area contributed by atoms with Gasteiger partial charge in [-0.15, -0.1) is 0 Å². The summed E-state index contributed by atoms with van der Waals surface area (Å²) in [6.45, 7) is 14.9. The maximum Gasteiger partial charge on any atom is 0.410 e. The fraction of sp³-hybridized carbons (Fsp3) is 0.553. The minimum atomic E-state index is -0.437. The maximum atomic E-state index is 13.3. The maximum absolute atomic E-state index is 13.3. The molecule has 1 atom stereocenters. The molecule has 0 spiro atoms. The van der Waals surface area contributed by atoms with E-state index in [0.717, 1.165) is 99.9 Å². The van der Waals surface area contributed by atoms with Gasteiger partial charge in [0.2, 0.25) is 0 Å². The lowest BCUT2D eigenvalue weighted by molar-refractivity contribution is -0.0136. The molecule has 6 rings (SSSR count). The van der Waals surface area contributed by atoms with Crippen molar-refractivity contribution in [1.29, 1.82) is 0 Å². The minimum Gasteiger partial charge on any atom is -0.446 e. The van der Waals surface area contributed by atoms with E-state index < -0.39 is 17.7 Å². The van der Waals surface area contributed by atoms with Crippen LogP contribution in [-0.2, 0) is 22.9 Å². The molecule has 49 heavy (non-hydrogen) atoms. The van der Waals surface area contributed by atoms with Gasteiger partial charge in [-0.05, 0) is 105 Å². The molecule has 1 aromatic heterocycles. The molecule has 2 heterocycles. The number of nitrogens with zero attached hydrogens (tertiary/aromatic N) is 3. The molecule has 4 N–H and O–H groups in total. The fourth-order valence-corrected chi connectivity index (χ4v) is 7.14. The average molecular weight is 695 g/mol. The lowest BCUT2D eigenvalue weighted by Gasteiger charge is -2.33. The number of nitrogens with two attached hydrogens (primary N) is 1. The van der Waals surface area contributed by atoms with E-state index in [2.05, 4.69) is 60.5 Å². The molecule has 3 aliphatic carbocycles. The number of amides is 2. The second-order valence-corrected chi connectivity index (χ2v) is 13.7. The Morgan fingerprint density at radius 2 is 1.84 bits per heavy atom. The van der Waals surface area contributed by atoms with Crippen LogP contribution in [0, 0.1) is 5.92 Å². The number of aromatic nitrogens is 2. The van der Waals surface area contributed by atoms with Crippen LogP contribution >= 0.6 is 11.6 Å².